The van der Waals surface area contributed by atoms with Gasteiger partial charge in [-0.05, 0) is 58.0 Å². The van der Waals surface area contributed by atoms with Gasteiger partial charge in [-0.15, -0.1) is 0 Å². The van der Waals surface area contributed by atoms with Gasteiger partial charge in [-0.3, -0.25) is 0 Å². The molecule has 1 aliphatic carbocycles. The van der Waals surface area contributed by atoms with E-state index in [4.69, 9.17) is 9.26 Å². The lowest BCUT2D eigenvalue weighted by atomic mass is 9.70. The third kappa shape index (κ3) is 4.04. The van der Waals surface area contributed by atoms with Gasteiger partial charge in [0.2, 0.25) is 11.7 Å². The van der Waals surface area contributed by atoms with Gasteiger partial charge >= 0.3 is 0 Å². The number of ether oxygens (including phenoxy) is 1. The lowest BCUT2D eigenvalue weighted by molar-refractivity contribution is -0.0957. The van der Waals surface area contributed by atoms with Crippen molar-refractivity contribution < 1.29 is 9.26 Å². The van der Waals surface area contributed by atoms with Crippen molar-refractivity contribution in [3.05, 3.63) is 11.7 Å². The number of aromatic nitrogens is 2. The Labute approximate surface area is 127 Å². The number of nitrogens with one attached hydrogen (secondary N) is 1. The van der Waals surface area contributed by atoms with Crippen LogP contribution in [-0.2, 0) is 16.8 Å². The molecule has 120 valence electrons. The van der Waals surface area contributed by atoms with E-state index in [1.54, 1.807) is 0 Å². The fraction of sp³-hybridized carbons (Fsp3) is 0.875. The predicted octanol–water partition coefficient (Wildman–Crippen LogP) is 3.05. The van der Waals surface area contributed by atoms with Gasteiger partial charge in [0.25, 0.3) is 0 Å². The molecule has 1 aromatic rings. The first-order valence-corrected chi connectivity index (χ1v) is 8.13. The molecule has 0 amide bonds. The Morgan fingerprint density at radius 2 is 1.95 bits per heavy atom. The molecule has 1 aromatic heterocycles. The van der Waals surface area contributed by atoms with E-state index in [0.717, 1.165) is 56.8 Å². The second-order valence-corrected chi connectivity index (χ2v) is 6.81. The maximum atomic E-state index is 6.09. The normalized spacial score (nSPS) is 20.6. The minimum Gasteiger partial charge on any atom is -0.367 e. The van der Waals surface area contributed by atoms with Crippen molar-refractivity contribution in [1.29, 1.82) is 0 Å². The van der Waals surface area contributed by atoms with Crippen LogP contribution in [0.3, 0.4) is 0 Å². The molecule has 0 aliphatic heterocycles. The minimum atomic E-state index is -0.338. The van der Waals surface area contributed by atoms with Crippen LogP contribution in [-0.4, -0.2) is 30.3 Å². The highest BCUT2D eigenvalue weighted by atomic mass is 16.5. The molecule has 1 heterocycles. The average Bonchev–Trinajstić information content (AvgIpc) is 2.91. The fourth-order valence-electron chi connectivity index (χ4n) is 3.00. The summed E-state index contributed by atoms with van der Waals surface area (Å²) in [4.78, 5) is 4.61. The van der Waals surface area contributed by atoms with E-state index in [1.165, 1.54) is 0 Å². The predicted molar refractivity (Wildman–Crippen MR) is 82.1 cm³/mol. The van der Waals surface area contributed by atoms with Gasteiger partial charge in [0.15, 0.2) is 0 Å². The Morgan fingerprint density at radius 1 is 1.24 bits per heavy atom. The van der Waals surface area contributed by atoms with Crippen LogP contribution >= 0.6 is 0 Å². The zero-order valence-corrected chi connectivity index (χ0v) is 13.9. The maximum absolute atomic E-state index is 6.09. The summed E-state index contributed by atoms with van der Waals surface area (Å²) in [6.45, 7) is 8.33. The standard InChI is InChI=1S/C16H29N3O2/c1-5-20-16(10-8-15(2,3)9-11-16)14-18-13(21-19-14)7-6-12-17-4/h17H,5-12H2,1-4H3. The summed E-state index contributed by atoms with van der Waals surface area (Å²) in [5.41, 5.74) is 0.0506. The Hall–Kier alpha value is -0.940. The third-order valence-corrected chi connectivity index (χ3v) is 4.52. The molecular weight excluding hydrogens is 266 g/mol. The van der Waals surface area contributed by atoms with Crippen LogP contribution in [0.15, 0.2) is 4.52 Å². The Morgan fingerprint density at radius 3 is 2.57 bits per heavy atom. The smallest absolute Gasteiger partial charge is 0.226 e. The van der Waals surface area contributed by atoms with Crippen molar-refractivity contribution in [3.63, 3.8) is 0 Å². The van der Waals surface area contributed by atoms with Crippen molar-refractivity contribution in [2.45, 2.75) is 64.9 Å². The number of nitrogens with zero attached hydrogens (tertiary/aromatic N) is 2. The van der Waals surface area contributed by atoms with Crippen LogP contribution in [0.4, 0.5) is 0 Å². The molecular formula is C16H29N3O2. The first-order chi connectivity index (χ1) is 10.0. The molecule has 0 atom stereocenters. The van der Waals surface area contributed by atoms with E-state index < -0.39 is 0 Å². The molecule has 0 radical (unpaired) electrons. The minimum absolute atomic E-state index is 0.338. The molecule has 5 nitrogen and oxygen atoms in total. The third-order valence-electron chi connectivity index (χ3n) is 4.52. The Bertz CT molecular complexity index is 432. The maximum Gasteiger partial charge on any atom is 0.226 e. The van der Waals surface area contributed by atoms with E-state index in [1.807, 2.05) is 14.0 Å². The van der Waals surface area contributed by atoms with E-state index >= 15 is 0 Å². The highest BCUT2D eigenvalue weighted by Gasteiger charge is 2.43. The molecule has 0 unspecified atom stereocenters. The first-order valence-electron chi connectivity index (χ1n) is 8.13. The van der Waals surface area contributed by atoms with Crippen LogP contribution in [0.5, 0.6) is 0 Å². The molecule has 0 saturated heterocycles. The molecule has 2 rings (SSSR count). The Balaban J connectivity index is 2.08. The van der Waals surface area contributed by atoms with Crippen molar-refractivity contribution in [2.75, 3.05) is 20.2 Å². The van der Waals surface area contributed by atoms with Crippen molar-refractivity contribution in [1.82, 2.24) is 15.5 Å². The molecule has 1 aliphatic rings. The molecule has 0 aromatic carbocycles. The van der Waals surface area contributed by atoms with Crippen molar-refractivity contribution in [3.8, 4) is 0 Å². The molecule has 1 N–H and O–H groups in total. The largest absolute Gasteiger partial charge is 0.367 e. The summed E-state index contributed by atoms with van der Waals surface area (Å²) in [6.07, 6.45) is 6.05. The van der Waals surface area contributed by atoms with E-state index in [2.05, 4.69) is 29.3 Å². The van der Waals surface area contributed by atoms with Crippen LogP contribution in [0.25, 0.3) is 0 Å². The summed E-state index contributed by atoms with van der Waals surface area (Å²) < 4.78 is 11.5. The lowest BCUT2D eigenvalue weighted by Gasteiger charge is -2.41. The second kappa shape index (κ2) is 6.88. The number of hydrogen-bond acceptors (Lipinski definition) is 5. The number of rotatable bonds is 7. The zero-order chi connectivity index (χ0) is 15.3. The summed E-state index contributed by atoms with van der Waals surface area (Å²) in [6, 6.07) is 0. The summed E-state index contributed by atoms with van der Waals surface area (Å²) >= 11 is 0. The van der Waals surface area contributed by atoms with Crippen LogP contribution < -0.4 is 5.32 Å². The highest BCUT2D eigenvalue weighted by molar-refractivity contribution is 5.05. The monoisotopic (exact) mass is 295 g/mol. The van der Waals surface area contributed by atoms with Crippen molar-refractivity contribution >= 4 is 0 Å². The number of hydrogen-bond donors (Lipinski definition) is 1. The quantitative estimate of drug-likeness (QED) is 0.783. The van der Waals surface area contributed by atoms with Gasteiger partial charge in [-0.1, -0.05) is 19.0 Å². The van der Waals surface area contributed by atoms with E-state index in [9.17, 15) is 0 Å². The van der Waals surface area contributed by atoms with Gasteiger partial charge in [0.05, 0.1) is 0 Å². The molecule has 0 spiro atoms. The lowest BCUT2D eigenvalue weighted by Crippen LogP contribution is -2.38. The van der Waals surface area contributed by atoms with Crippen LogP contribution in [0, 0.1) is 5.41 Å². The van der Waals surface area contributed by atoms with Crippen molar-refractivity contribution in [2.24, 2.45) is 5.41 Å². The number of aryl methyl sites for hydroxylation is 1. The molecule has 21 heavy (non-hydrogen) atoms. The van der Waals surface area contributed by atoms with E-state index in [0.29, 0.717) is 12.0 Å². The summed E-state index contributed by atoms with van der Waals surface area (Å²) in [5, 5.41) is 7.36. The fourth-order valence-corrected chi connectivity index (χ4v) is 3.00. The first kappa shape index (κ1) is 16.4. The second-order valence-electron chi connectivity index (χ2n) is 6.81. The van der Waals surface area contributed by atoms with Crippen LogP contribution in [0.2, 0.25) is 0 Å². The van der Waals surface area contributed by atoms with Gasteiger partial charge in [0, 0.05) is 13.0 Å². The summed E-state index contributed by atoms with van der Waals surface area (Å²) in [7, 11) is 1.95. The molecule has 0 bridgehead atoms. The van der Waals surface area contributed by atoms with Gasteiger partial charge in [0.1, 0.15) is 5.60 Å². The highest BCUT2D eigenvalue weighted by Crippen LogP contribution is 2.46. The molecule has 1 saturated carbocycles. The topological polar surface area (TPSA) is 60.2 Å². The van der Waals surface area contributed by atoms with Crippen LogP contribution in [0.1, 0.15) is 64.6 Å². The van der Waals surface area contributed by atoms with Gasteiger partial charge < -0.3 is 14.6 Å². The Kier molecular flexibility index (Phi) is 5.38. The average molecular weight is 295 g/mol. The summed E-state index contributed by atoms with van der Waals surface area (Å²) in [5.74, 6) is 1.48. The SMILES string of the molecule is CCOC1(c2noc(CCCNC)n2)CCC(C)(C)CC1. The molecule has 1 fully saturated rings. The molecule has 5 heteroatoms. The van der Waals surface area contributed by atoms with Gasteiger partial charge in [-0.2, -0.15) is 4.98 Å². The van der Waals surface area contributed by atoms with Gasteiger partial charge in [-0.25, -0.2) is 0 Å². The van der Waals surface area contributed by atoms with E-state index in [-0.39, 0.29) is 5.60 Å². The zero-order valence-electron chi connectivity index (χ0n) is 13.9.